The maximum atomic E-state index is 13.4. The number of hydrogen-bond acceptors (Lipinski definition) is 0. The summed E-state index contributed by atoms with van der Waals surface area (Å²) in [4.78, 5) is 0. The van der Waals surface area contributed by atoms with Crippen molar-refractivity contribution in [3.05, 3.63) is 129 Å². The zero-order valence-electron chi connectivity index (χ0n) is 28.6. The van der Waals surface area contributed by atoms with Crippen LogP contribution < -0.4 is 0 Å². The molecule has 1 fully saturated rings. The summed E-state index contributed by atoms with van der Waals surface area (Å²) in [5.41, 5.74) is 10.3. The molecule has 1 aliphatic heterocycles. The van der Waals surface area contributed by atoms with Crippen molar-refractivity contribution in [2.45, 2.75) is 80.4 Å². The number of fused-ring (bicyclic) bond motifs is 2. The van der Waals surface area contributed by atoms with Crippen LogP contribution in [-0.4, -0.2) is 0 Å². The first-order valence-corrected chi connectivity index (χ1v) is 26.7. The van der Waals surface area contributed by atoms with Gasteiger partial charge in [-0.25, -0.2) is 0 Å². The Hall–Kier alpha value is -2.61. The molecule has 0 bridgehead atoms. The molecule has 3 aliphatic rings. The van der Waals surface area contributed by atoms with Crippen molar-refractivity contribution in [3.63, 3.8) is 0 Å². The van der Waals surface area contributed by atoms with Crippen LogP contribution in [0.15, 0.2) is 96.1 Å². The summed E-state index contributed by atoms with van der Waals surface area (Å²) in [5.74, 6) is 0. The quantitative estimate of drug-likeness (QED) is 0.110. The van der Waals surface area contributed by atoms with E-state index in [0.29, 0.717) is 7.35 Å². The Morgan fingerprint density at radius 2 is 0.922 bits per heavy atom. The Labute approximate surface area is 313 Å². The summed E-state index contributed by atoms with van der Waals surface area (Å²) in [6.45, 7) is 4.42. The Morgan fingerprint density at radius 3 is 1.24 bits per heavy atom. The predicted molar refractivity (Wildman–Crippen MR) is 198 cm³/mol. The normalized spacial score (nSPS) is 18.6. The van der Waals surface area contributed by atoms with E-state index in [4.69, 9.17) is 0 Å². The number of rotatable bonds is 10. The predicted octanol–water partition coefficient (Wildman–Crippen LogP) is 14.9. The molecule has 1 saturated heterocycles. The minimum Gasteiger partial charge on any atom is -0.147 e. The average Bonchev–Trinajstić information content (AvgIpc) is 3.62. The zero-order valence-corrected chi connectivity index (χ0v) is 33.9. The van der Waals surface area contributed by atoms with Gasteiger partial charge in [-0.1, -0.05) is 0 Å². The fourth-order valence-electron chi connectivity index (χ4n) is 8.55. The van der Waals surface area contributed by atoms with Gasteiger partial charge in [-0.15, -0.1) is 24.8 Å². The van der Waals surface area contributed by atoms with E-state index in [-0.39, 0.29) is 24.8 Å². The van der Waals surface area contributed by atoms with Crippen LogP contribution >= 0.6 is 24.8 Å². The summed E-state index contributed by atoms with van der Waals surface area (Å²) in [7, 11) is 0. The van der Waals surface area contributed by atoms with E-state index in [1.165, 1.54) is 66.0 Å². The van der Waals surface area contributed by atoms with E-state index in [1.54, 1.807) is 24.3 Å². The van der Waals surface area contributed by atoms with Gasteiger partial charge in [0.05, 0.1) is 0 Å². The molecule has 2 aliphatic carbocycles. The second kappa shape index (κ2) is 15.4. The second-order valence-corrected chi connectivity index (χ2v) is 30.6. The number of benzene rings is 4. The van der Waals surface area contributed by atoms with Gasteiger partial charge in [0, 0.05) is 0 Å². The standard InChI is InChI=1S/2C20H18F3.C2H4.2ClH.Hf/c2*1-2-3-5-14-12-16-6-4-7-18(19(16)13-14)15-8-10-17(11-9-15)20(21,22)23;1-2;;;/h2*4,6-13H,2-3,5H2,1H3;1-2H2;2*1H;. The molecule has 4 aromatic carbocycles. The van der Waals surface area contributed by atoms with Crippen molar-refractivity contribution in [2.75, 3.05) is 0 Å². The van der Waals surface area contributed by atoms with Crippen molar-refractivity contribution < 1.29 is 46.3 Å². The summed E-state index contributed by atoms with van der Waals surface area (Å²) >= 11 is -3.28. The van der Waals surface area contributed by atoms with Gasteiger partial charge in [0.2, 0.25) is 0 Å². The van der Waals surface area contributed by atoms with Gasteiger partial charge in [0.25, 0.3) is 0 Å². The van der Waals surface area contributed by atoms with Gasteiger partial charge in [-0.2, -0.15) is 0 Å². The first-order chi connectivity index (χ1) is 23.5. The van der Waals surface area contributed by atoms with Crippen molar-refractivity contribution in [3.8, 4) is 22.3 Å². The first kappa shape index (κ1) is 39.6. The minimum atomic E-state index is -4.38. The molecular weight excluding hydrogens is 868 g/mol. The second-order valence-electron chi connectivity index (χ2n) is 14.0. The number of alkyl halides is 6. The SMILES string of the molecule is CCCCC1=Cc2c(-c3ccc(C(F)(F)F)cc3)cccc2[CH]1[Hf]1([CH]2C(CCCC)=Cc3c(-c4ccc(C(F)(F)F)cc4)cccc32)[CH2][CH2]1.Cl.Cl. The van der Waals surface area contributed by atoms with Gasteiger partial charge in [-0.3, -0.25) is 0 Å². The van der Waals surface area contributed by atoms with Gasteiger partial charge in [0.15, 0.2) is 0 Å². The van der Waals surface area contributed by atoms with E-state index in [1.807, 2.05) is 12.1 Å². The molecule has 0 amide bonds. The third kappa shape index (κ3) is 7.46. The molecule has 0 nitrogen and oxygen atoms in total. The summed E-state index contributed by atoms with van der Waals surface area (Å²) < 4.78 is 83.7. The topological polar surface area (TPSA) is 0 Å². The Morgan fingerprint density at radius 1 is 0.549 bits per heavy atom. The average molecular weight is 910 g/mol. The monoisotopic (exact) mass is 910 g/mol. The largest absolute Gasteiger partial charge is 0.147 e. The summed E-state index contributed by atoms with van der Waals surface area (Å²) in [6.07, 6.45) is 2.39. The van der Waals surface area contributed by atoms with Crippen molar-refractivity contribution in [1.29, 1.82) is 0 Å². The number of allylic oxidation sites excluding steroid dienone is 2. The smallest absolute Gasteiger partial charge is 0.147 e. The zero-order chi connectivity index (χ0) is 34.6. The van der Waals surface area contributed by atoms with E-state index in [2.05, 4.69) is 50.3 Å². The molecule has 1 heterocycles. The molecule has 0 spiro atoms. The van der Waals surface area contributed by atoms with Gasteiger partial charge in [0.1, 0.15) is 0 Å². The fraction of sp³-hybridized carbons (Fsp3) is 0.333. The third-order valence-electron chi connectivity index (χ3n) is 11.0. The fourth-order valence-corrected chi connectivity index (χ4v) is 36.6. The first-order valence-electron chi connectivity index (χ1n) is 17.5. The molecule has 4 aromatic rings. The van der Waals surface area contributed by atoms with Crippen LogP contribution in [0, 0.1) is 0 Å². The number of hydrogen-bond donors (Lipinski definition) is 0. The van der Waals surface area contributed by atoms with Crippen molar-refractivity contribution in [2.24, 2.45) is 0 Å². The summed E-state index contributed by atoms with van der Waals surface area (Å²) in [5, 5.41) is 0. The van der Waals surface area contributed by atoms with Crippen LogP contribution in [0.3, 0.4) is 0 Å². The molecule has 0 aromatic heterocycles. The Kier molecular flexibility index (Phi) is 12.0. The van der Waals surface area contributed by atoms with E-state index >= 15 is 0 Å². The Balaban J connectivity index is 0.00000252. The van der Waals surface area contributed by atoms with E-state index in [9.17, 15) is 26.3 Å². The van der Waals surface area contributed by atoms with Crippen LogP contribution in [-0.2, 0) is 32.3 Å². The van der Waals surface area contributed by atoms with Gasteiger partial charge in [-0.05, 0) is 0 Å². The summed E-state index contributed by atoms with van der Waals surface area (Å²) in [6, 6.07) is 23.9. The molecule has 2 atom stereocenters. The molecule has 0 N–H and O–H groups in total. The van der Waals surface area contributed by atoms with Crippen molar-refractivity contribution in [1.82, 2.24) is 0 Å². The molecule has 9 heteroatoms. The van der Waals surface area contributed by atoms with Crippen LogP contribution in [0.5, 0.6) is 0 Å². The molecule has 2 unspecified atom stereocenters. The molecular formula is C42H42Cl2F6Hf. The molecule has 7 rings (SSSR count). The van der Waals surface area contributed by atoms with E-state index in [0.717, 1.165) is 60.8 Å². The van der Waals surface area contributed by atoms with Crippen LogP contribution in [0.25, 0.3) is 34.4 Å². The van der Waals surface area contributed by atoms with Crippen LogP contribution in [0.4, 0.5) is 26.3 Å². The van der Waals surface area contributed by atoms with Crippen molar-refractivity contribution >= 4 is 37.0 Å². The molecule has 0 radical (unpaired) electrons. The van der Waals surface area contributed by atoms with Gasteiger partial charge >= 0.3 is 291 Å². The number of halogens is 8. The molecule has 0 saturated carbocycles. The van der Waals surface area contributed by atoms with Crippen LogP contribution in [0.2, 0.25) is 8.35 Å². The van der Waals surface area contributed by atoms with Crippen LogP contribution in [0.1, 0.15) is 93.1 Å². The third-order valence-corrected chi connectivity index (χ3v) is 30.1. The minimum absolute atomic E-state index is 0. The molecule has 51 heavy (non-hydrogen) atoms. The van der Waals surface area contributed by atoms with Gasteiger partial charge < -0.3 is 0 Å². The molecule has 270 valence electrons. The maximum Gasteiger partial charge on any atom is -0.147 e. The Bertz CT molecular complexity index is 1780. The van der Waals surface area contributed by atoms with E-state index < -0.39 is 43.4 Å². The maximum absolute atomic E-state index is 13.4. The number of unbranched alkanes of at least 4 members (excludes halogenated alkanes) is 2.